The Hall–Kier alpha value is -3.08. The monoisotopic (exact) mass is 426 g/mol. The minimum Gasteiger partial charge on any atom is -0.429 e. The molecule has 160 valence electrons. The number of hydrogen-bond acceptors (Lipinski definition) is 1. The third-order valence-corrected chi connectivity index (χ3v) is 5.63. The highest BCUT2D eigenvalue weighted by Gasteiger charge is 2.37. The Morgan fingerprint density at radius 3 is 2.06 bits per heavy atom. The topological polar surface area (TPSA) is 9.23 Å². The maximum atomic E-state index is 14.8. The molecule has 5 heteroatoms. The molecule has 0 fully saturated rings. The van der Waals surface area contributed by atoms with Crippen molar-refractivity contribution in [3.8, 4) is 5.75 Å². The van der Waals surface area contributed by atoms with Crippen LogP contribution in [0.2, 0.25) is 0 Å². The molecule has 2 aromatic rings. The van der Waals surface area contributed by atoms with Crippen LogP contribution < -0.4 is 4.74 Å². The van der Waals surface area contributed by atoms with E-state index in [0.717, 1.165) is 46.5 Å². The molecule has 2 aromatic carbocycles. The average molecular weight is 426 g/mol. The lowest BCUT2D eigenvalue weighted by atomic mass is 9.85. The van der Waals surface area contributed by atoms with Crippen LogP contribution in [-0.2, 0) is 0 Å². The predicted octanol–water partition coefficient (Wildman–Crippen LogP) is 7.85. The van der Waals surface area contributed by atoms with Gasteiger partial charge in [0.25, 0.3) is 0 Å². The minimum absolute atomic E-state index is 0.0609. The van der Waals surface area contributed by atoms with Crippen LogP contribution in [0.5, 0.6) is 5.75 Å². The van der Waals surface area contributed by atoms with E-state index in [1.165, 1.54) is 6.08 Å². The number of rotatable bonds is 5. The lowest BCUT2D eigenvalue weighted by Crippen LogP contribution is -2.28. The smallest absolute Gasteiger partial charge is 0.422 e. The zero-order chi connectivity index (χ0) is 22.0. The summed E-state index contributed by atoms with van der Waals surface area (Å²) in [7, 11) is 0. The minimum atomic E-state index is -3.52. The fourth-order valence-corrected chi connectivity index (χ4v) is 3.85. The molecular formula is C26H22F4O. The molecule has 0 atom stereocenters. The number of halogens is 4. The van der Waals surface area contributed by atoms with Crippen LogP contribution in [0.3, 0.4) is 0 Å². The van der Waals surface area contributed by atoms with E-state index in [2.05, 4.69) is 0 Å². The molecule has 0 unspecified atom stereocenters. The fraction of sp³-hybridized carbons (Fsp3) is 0.231. The van der Waals surface area contributed by atoms with Crippen LogP contribution in [0, 0.1) is 12.7 Å². The van der Waals surface area contributed by atoms with Gasteiger partial charge >= 0.3 is 6.11 Å². The summed E-state index contributed by atoms with van der Waals surface area (Å²) in [4.78, 5) is 0. The van der Waals surface area contributed by atoms with Gasteiger partial charge in [0, 0.05) is 5.57 Å². The zero-order valence-electron chi connectivity index (χ0n) is 17.1. The maximum Gasteiger partial charge on any atom is 0.422 e. The largest absolute Gasteiger partial charge is 0.429 e. The highest BCUT2D eigenvalue weighted by atomic mass is 19.3. The van der Waals surface area contributed by atoms with Crippen molar-refractivity contribution in [1.29, 1.82) is 0 Å². The van der Waals surface area contributed by atoms with Gasteiger partial charge in [0.05, 0.1) is 0 Å². The molecule has 0 amide bonds. The van der Waals surface area contributed by atoms with Crippen LogP contribution in [0.4, 0.5) is 17.6 Å². The van der Waals surface area contributed by atoms with E-state index in [4.69, 9.17) is 4.74 Å². The van der Waals surface area contributed by atoms with E-state index >= 15 is 0 Å². The molecule has 0 aliphatic heterocycles. The molecule has 2 aliphatic carbocycles. The molecule has 0 N–H and O–H groups in total. The van der Waals surface area contributed by atoms with Gasteiger partial charge in [-0.15, -0.1) is 0 Å². The molecule has 4 rings (SSSR count). The number of benzene rings is 2. The Labute approximate surface area is 179 Å². The van der Waals surface area contributed by atoms with Gasteiger partial charge < -0.3 is 4.74 Å². The van der Waals surface area contributed by atoms with Crippen molar-refractivity contribution in [1.82, 2.24) is 0 Å². The summed E-state index contributed by atoms with van der Waals surface area (Å²) < 4.78 is 61.6. The first kappa shape index (κ1) is 21.2. The molecule has 0 heterocycles. The van der Waals surface area contributed by atoms with E-state index in [1.54, 1.807) is 12.2 Å². The number of ether oxygens (including phenoxy) is 1. The number of hydrogen-bond donors (Lipinski definition) is 0. The second kappa shape index (κ2) is 8.58. The van der Waals surface area contributed by atoms with Crippen molar-refractivity contribution in [2.24, 2.45) is 0 Å². The summed E-state index contributed by atoms with van der Waals surface area (Å²) in [6.45, 7) is 2.00. The fourth-order valence-electron chi connectivity index (χ4n) is 3.85. The summed E-state index contributed by atoms with van der Waals surface area (Å²) in [5, 5.41) is 0. The van der Waals surface area contributed by atoms with Crippen LogP contribution in [-0.4, -0.2) is 6.11 Å². The van der Waals surface area contributed by atoms with Crippen molar-refractivity contribution >= 4 is 5.57 Å². The highest BCUT2D eigenvalue weighted by Crippen LogP contribution is 2.40. The molecule has 0 saturated heterocycles. The van der Waals surface area contributed by atoms with Crippen LogP contribution in [0.25, 0.3) is 5.57 Å². The summed E-state index contributed by atoms with van der Waals surface area (Å²) >= 11 is 0. The third kappa shape index (κ3) is 4.82. The summed E-state index contributed by atoms with van der Waals surface area (Å²) in [6, 6.07) is 12.4. The van der Waals surface area contributed by atoms with Gasteiger partial charge in [-0.1, -0.05) is 42.0 Å². The van der Waals surface area contributed by atoms with E-state index in [9.17, 15) is 17.6 Å². The van der Waals surface area contributed by atoms with E-state index in [0.29, 0.717) is 24.8 Å². The molecule has 2 aliphatic rings. The van der Waals surface area contributed by atoms with E-state index in [1.807, 2.05) is 31.2 Å². The van der Waals surface area contributed by atoms with Gasteiger partial charge in [0.15, 0.2) is 0 Å². The van der Waals surface area contributed by atoms with Crippen molar-refractivity contribution in [2.45, 2.75) is 38.7 Å². The molecule has 1 nitrogen and oxygen atoms in total. The molecule has 0 bridgehead atoms. The van der Waals surface area contributed by atoms with Gasteiger partial charge in [-0.2, -0.15) is 8.78 Å². The number of aryl methyl sites for hydroxylation is 1. The standard InChI is InChI=1S/C26H22F4O/c1-17-2-4-18(5-3-17)20-8-15-24(25(28)16-20)19-6-9-21(10-7-19)26(29,30)31-23-13-11-22(27)12-14-23/h2-6,9,11-14,16H,7-8,10,15H2,1H3. The lowest BCUT2D eigenvalue weighted by molar-refractivity contribution is -0.144. The first-order chi connectivity index (χ1) is 14.8. The number of alkyl halides is 2. The average Bonchev–Trinajstić information content (AvgIpc) is 2.76. The Morgan fingerprint density at radius 2 is 1.45 bits per heavy atom. The normalized spacial score (nSPS) is 17.1. The molecular weight excluding hydrogens is 404 g/mol. The van der Waals surface area contributed by atoms with Gasteiger partial charge in [0.1, 0.15) is 17.4 Å². The number of allylic oxidation sites excluding steroid dienone is 7. The molecule has 0 radical (unpaired) electrons. The second-order valence-electron chi connectivity index (χ2n) is 7.82. The summed E-state index contributed by atoms with van der Waals surface area (Å²) in [5.41, 5.74) is 4.21. The van der Waals surface area contributed by atoms with E-state index in [-0.39, 0.29) is 23.6 Å². The third-order valence-electron chi connectivity index (χ3n) is 5.63. The zero-order valence-corrected chi connectivity index (χ0v) is 17.1. The predicted molar refractivity (Wildman–Crippen MR) is 114 cm³/mol. The Kier molecular flexibility index (Phi) is 5.86. The molecule has 0 saturated carbocycles. The first-order valence-corrected chi connectivity index (χ1v) is 10.2. The van der Waals surface area contributed by atoms with Crippen LogP contribution >= 0.6 is 0 Å². The van der Waals surface area contributed by atoms with Crippen LogP contribution in [0.15, 0.2) is 89.3 Å². The van der Waals surface area contributed by atoms with E-state index < -0.39 is 11.9 Å². The molecule has 0 spiro atoms. The summed E-state index contributed by atoms with van der Waals surface area (Å²) in [6.07, 6.45) is 2.50. The van der Waals surface area contributed by atoms with Crippen molar-refractivity contribution < 1.29 is 22.3 Å². The lowest BCUT2D eigenvalue weighted by Gasteiger charge is -2.25. The quantitative estimate of drug-likeness (QED) is 0.442. The van der Waals surface area contributed by atoms with Crippen molar-refractivity contribution in [3.05, 3.63) is 106 Å². The summed E-state index contributed by atoms with van der Waals surface area (Å²) in [5.74, 6) is -0.946. The van der Waals surface area contributed by atoms with Crippen LogP contribution in [0.1, 0.15) is 36.8 Å². The molecule has 0 aromatic heterocycles. The van der Waals surface area contributed by atoms with Crippen molar-refractivity contribution in [3.63, 3.8) is 0 Å². The Balaban J connectivity index is 1.52. The van der Waals surface area contributed by atoms with Gasteiger partial charge in [-0.3, -0.25) is 0 Å². The SMILES string of the molecule is Cc1ccc(C2=CC(F)=C(C3=CC=C(C(F)(F)Oc4ccc(F)cc4)CC3)CC2)cc1. The van der Waals surface area contributed by atoms with Gasteiger partial charge in [-0.05, 0) is 85.2 Å². The maximum absolute atomic E-state index is 14.8. The second-order valence-corrected chi connectivity index (χ2v) is 7.82. The van der Waals surface area contributed by atoms with Gasteiger partial charge in [0.2, 0.25) is 0 Å². The Bertz CT molecular complexity index is 1090. The Morgan fingerprint density at radius 1 is 0.774 bits per heavy atom. The highest BCUT2D eigenvalue weighted by molar-refractivity contribution is 5.71. The van der Waals surface area contributed by atoms with Crippen molar-refractivity contribution in [2.75, 3.05) is 0 Å². The van der Waals surface area contributed by atoms with Gasteiger partial charge in [-0.25, -0.2) is 8.78 Å². The molecule has 31 heavy (non-hydrogen) atoms. The first-order valence-electron chi connectivity index (χ1n) is 10.2.